The van der Waals surface area contributed by atoms with Crippen LogP contribution >= 0.6 is 12.4 Å². The average Bonchev–Trinajstić information content (AvgIpc) is 2.74. The second-order valence-corrected chi connectivity index (χ2v) is 4.58. The lowest BCUT2D eigenvalue weighted by atomic mass is 10.1. The lowest BCUT2D eigenvalue weighted by Gasteiger charge is -2.38. The van der Waals surface area contributed by atoms with Crippen LogP contribution in [-0.2, 0) is 9.53 Å². The first kappa shape index (κ1) is 13.7. The molecular weight excluding hydrogens is 228 g/mol. The summed E-state index contributed by atoms with van der Waals surface area (Å²) in [6, 6.07) is 0.320. The van der Waals surface area contributed by atoms with Crippen LogP contribution in [0.2, 0.25) is 0 Å². The second kappa shape index (κ2) is 5.84. The van der Waals surface area contributed by atoms with Gasteiger partial charge in [-0.25, -0.2) is 0 Å². The number of rotatable bonds is 2. The third-order valence-corrected chi connectivity index (χ3v) is 3.54. The molecule has 1 aliphatic heterocycles. The number of carbonyl (C=O) groups excluding carboxylic acids is 1. The Labute approximate surface area is 103 Å². The van der Waals surface area contributed by atoms with E-state index in [4.69, 9.17) is 10.5 Å². The molecule has 0 aromatic rings. The molecule has 1 saturated heterocycles. The van der Waals surface area contributed by atoms with Crippen LogP contribution in [0.4, 0.5) is 0 Å². The van der Waals surface area contributed by atoms with Crippen molar-refractivity contribution in [3.63, 3.8) is 0 Å². The number of carbonyl (C=O) groups is 1. The van der Waals surface area contributed by atoms with Crippen molar-refractivity contribution in [3.05, 3.63) is 0 Å². The fourth-order valence-electron chi connectivity index (χ4n) is 2.58. The van der Waals surface area contributed by atoms with Gasteiger partial charge in [0.15, 0.2) is 0 Å². The Morgan fingerprint density at radius 3 is 3.00 bits per heavy atom. The number of hydrogen-bond acceptors (Lipinski definition) is 3. The topological polar surface area (TPSA) is 55.6 Å². The van der Waals surface area contributed by atoms with E-state index < -0.39 is 0 Å². The van der Waals surface area contributed by atoms with Gasteiger partial charge in [-0.15, -0.1) is 12.4 Å². The zero-order valence-corrected chi connectivity index (χ0v) is 10.5. The number of ether oxygens (including phenoxy) is 1. The number of nitrogens with zero attached hydrogens (tertiary/aromatic N) is 1. The van der Waals surface area contributed by atoms with E-state index >= 15 is 0 Å². The summed E-state index contributed by atoms with van der Waals surface area (Å²) in [5, 5.41) is 0. The van der Waals surface area contributed by atoms with E-state index in [1.807, 2.05) is 11.8 Å². The number of fused-ring (bicyclic) bond motifs is 1. The highest BCUT2D eigenvalue weighted by Gasteiger charge is 2.39. The van der Waals surface area contributed by atoms with Crippen LogP contribution < -0.4 is 5.73 Å². The highest BCUT2D eigenvalue weighted by molar-refractivity contribution is 5.85. The first-order valence-corrected chi connectivity index (χ1v) is 5.86. The summed E-state index contributed by atoms with van der Waals surface area (Å²) in [6.07, 6.45) is 3.66. The molecule has 5 heteroatoms. The minimum absolute atomic E-state index is 0. The lowest BCUT2D eigenvalue weighted by molar-refractivity contribution is -0.147. The van der Waals surface area contributed by atoms with Gasteiger partial charge in [-0.2, -0.15) is 0 Å². The molecule has 0 spiro atoms. The van der Waals surface area contributed by atoms with E-state index in [0.29, 0.717) is 19.2 Å². The molecule has 1 heterocycles. The summed E-state index contributed by atoms with van der Waals surface area (Å²) in [5.41, 5.74) is 5.54. The molecule has 16 heavy (non-hydrogen) atoms. The molecule has 2 N–H and O–H groups in total. The maximum Gasteiger partial charge on any atom is 0.227 e. The van der Waals surface area contributed by atoms with Crippen molar-refractivity contribution in [2.45, 2.75) is 38.3 Å². The molecule has 0 aromatic carbocycles. The van der Waals surface area contributed by atoms with E-state index in [9.17, 15) is 4.79 Å². The molecule has 1 saturated carbocycles. The van der Waals surface area contributed by atoms with Crippen LogP contribution in [0.15, 0.2) is 0 Å². The molecule has 0 bridgehead atoms. The van der Waals surface area contributed by atoms with Crippen LogP contribution in [0, 0.1) is 5.92 Å². The Bertz CT molecular complexity index is 250. The van der Waals surface area contributed by atoms with E-state index in [-0.39, 0.29) is 30.3 Å². The third kappa shape index (κ3) is 2.50. The molecule has 1 amide bonds. The van der Waals surface area contributed by atoms with Gasteiger partial charge in [0.2, 0.25) is 5.91 Å². The third-order valence-electron chi connectivity index (χ3n) is 3.54. The molecule has 2 rings (SSSR count). The highest BCUT2D eigenvalue weighted by Crippen LogP contribution is 2.30. The smallest absolute Gasteiger partial charge is 0.227 e. The summed E-state index contributed by atoms with van der Waals surface area (Å²) in [7, 11) is 0. The molecule has 3 atom stereocenters. The molecule has 3 unspecified atom stereocenters. The van der Waals surface area contributed by atoms with Crippen molar-refractivity contribution in [1.29, 1.82) is 0 Å². The Morgan fingerprint density at radius 2 is 2.31 bits per heavy atom. The number of morpholine rings is 1. The standard InChI is InChI=1S/C11H20N2O2.ClH/c1-8(7-12)11(14)13-5-6-15-10-4-2-3-9(10)13;/h8-10H,2-7,12H2,1H3;1H. The van der Waals surface area contributed by atoms with Crippen molar-refractivity contribution >= 4 is 18.3 Å². The van der Waals surface area contributed by atoms with Crippen LogP contribution in [-0.4, -0.2) is 42.6 Å². The fourth-order valence-corrected chi connectivity index (χ4v) is 2.58. The highest BCUT2D eigenvalue weighted by atomic mass is 35.5. The van der Waals surface area contributed by atoms with Gasteiger partial charge in [0, 0.05) is 19.0 Å². The van der Waals surface area contributed by atoms with Crippen molar-refractivity contribution < 1.29 is 9.53 Å². The molecule has 1 aliphatic carbocycles. The van der Waals surface area contributed by atoms with E-state index in [1.165, 1.54) is 6.42 Å². The van der Waals surface area contributed by atoms with Gasteiger partial charge in [-0.1, -0.05) is 6.92 Å². The zero-order chi connectivity index (χ0) is 10.8. The predicted molar refractivity (Wildman–Crippen MR) is 64.6 cm³/mol. The first-order valence-electron chi connectivity index (χ1n) is 5.86. The monoisotopic (exact) mass is 248 g/mol. The minimum atomic E-state index is -0.0515. The van der Waals surface area contributed by atoms with Gasteiger partial charge in [0.05, 0.1) is 18.8 Å². The summed E-state index contributed by atoms with van der Waals surface area (Å²) in [5.74, 6) is 0.155. The molecule has 0 aromatic heterocycles. The van der Waals surface area contributed by atoms with Gasteiger partial charge in [-0.3, -0.25) is 4.79 Å². The maximum atomic E-state index is 12.1. The molecule has 2 aliphatic rings. The van der Waals surface area contributed by atoms with E-state index in [1.54, 1.807) is 0 Å². The van der Waals surface area contributed by atoms with Gasteiger partial charge in [0.25, 0.3) is 0 Å². The van der Waals surface area contributed by atoms with Crippen LogP contribution in [0.5, 0.6) is 0 Å². The van der Waals surface area contributed by atoms with Crippen molar-refractivity contribution in [1.82, 2.24) is 4.90 Å². The average molecular weight is 249 g/mol. The van der Waals surface area contributed by atoms with Crippen molar-refractivity contribution in [3.8, 4) is 0 Å². The van der Waals surface area contributed by atoms with Gasteiger partial charge < -0.3 is 15.4 Å². The minimum Gasteiger partial charge on any atom is -0.374 e. The second-order valence-electron chi connectivity index (χ2n) is 4.58. The number of halogens is 1. The maximum absolute atomic E-state index is 12.1. The van der Waals surface area contributed by atoms with Gasteiger partial charge in [-0.05, 0) is 19.3 Å². The molecule has 0 radical (unpaired) electrons. The summed E-state index contributed by atoms with van der Waals surface area (Å²) >= 11 is 0. The summed E-state index contributed by atoms with van der Waals surface area (Å²) < 4.78 is 5.67. The Hall–Kier alpha value is -0.320. The Morgan fingerprint density at radius 1 is 1.56 bits per heavy atom. The lowest BCUT2D eigenvalue weighted by Crippen LogP contribution is -2.53. The van der Waals surface area contributed by atoms with E-state index in [2.05, 4.69) is 0 Å². The molecule has 2 fully saturated rings. The van der Waals surface area contributed by atoms with Crippen molar-refractivity contribution in [2.75, 3.05) is 19.7 Å². The van der Waals surface area contributed by atoms with Gasteiger partial charge >= 0.3 is 0 Å². The predicted octanol–water partition coefficient (Wildman–Crippen LogP) is 0.783. The largest absolute Gasteiger partial charge is 0.374 e. The number of nitrogens with two attached hydrogens (primary N) is 1. The van der Waals surface area contributed by atoms with E-state index in [0.717, 1.165) is 19.4 Å². The number of amides is 1. The van der Waals surface area contributed by atoms with Crippen LogP contribution in [0.3, 0.4) is 0 Å². The SMILES string of the molecule is CC(CN)C(=O)N1CCOC2CCCC21.Cl. The molecule has 94 valence electrons. The first-order chi connectivity index (χ1) is 7.24. The molecular formula is C11H21ClN2O2. The Kier molecular flexibility index (Phi) is 5.02. The summed E-state index contributed by atoms with van der Waals surface area (Å²) in [4.78, 5) is 14.1. The van der Waals surface area contributed by atoms with Crippen LogP contribution in [0.25, 0.3) is 0 Å². The van der Waals surface area contributed by atoms with Gasteiger partial charge in [0.1, 0.15) is 0 Å². The Balaban J connectivity index is 0.00000128. The van der Waals surface area contributed by atoms with Crippen molar-refractivity contribution in [2.24, 2.45) is 11.7 Å². The molecule has 4 nitrogen and oxygen atoms in total. The fraction of sp³-hybridized carbons (Fsp3) is 0.909. The normalized spacial score (nSPS) is 30.5. The zero-order valence-electron chi connectivity index (χ0n) is 9.72. The number of hydrogen-bond donors (Lipinski definition) is 1. The summed E-state index contributed by atoms with van der Waals surface area (Å²) in [6.45, 7) is 3.77. The quantitative estimate of drug-likeness (QED) is 0.786. The van der Waals surface area contributed by atoms with Crippen LogP contribution in [0.1, 0.15) is 26.2 Å².